The van der Waals surface area contributed by atoms with Crippen LogP contribution in [-0.4, -0.2) is 42.7 Å². The van der Waals surface area contributed by atoms with Crippen LogP contribution < -0.4 is 16.0 Å². The molecule has 0 spiro atoms. The van der Waals surface area contributed by atoms with Gasteiger partial charge in [-0.05, 0) is 52.3 Å². The molecule has 3 N–H and O–H groups in total. The normalized spacial score (nSPS) is 11.7. The largest absolute Gasteiger partial charge is 0.326 e. The van der Waals surface area contributed by atoms with Gasteiger partial charge in [0.2, 0.25) is 17.7 Å². The van der Waals surface area contributed by atoms with E-state index in [4.69, 9.17) is 0 Å². The van der Waals surface area contributed by atoms with Crippen molar-refractivity contribution in [2.24, 2.45) is 0 Å². The molecule has 0 aliphatic carbocycles. The Labute approximate surface area is 218 Å². The van der Waals surface area contributed by atoms with Crippen LogP contribution in [0.4, 0.5) is 16.5 Å². The minimum absolute atomic E-state index is 0.0518. The lowest BCUT2D eigenvalue weighted by Gasteiger charge is -2.13. The van der Waals surface area contributed by atoms with Crippen LogP contribution in [0.3, 0.4) is 0 Å². The van der Waals surface area contributed by atoms with Crippen LogP contribution in [0.5, 0.6) is 0 Å². The molecular weight excluding hydrogens is 498 g/mol. The summed E-state index contributed by atoms with van der Waals surface area (Å²) in [4.78, 5) is 42.6. The lowest BCUT2D eigenvalue weighted by atomic mass is 10.2. The third-order valence-electron chi connectivity index (χ3n) is 5.25. The fourth-order valence-electron chi connectivity index (χ4n) is 3.27. The van der Waals surface area contributed by atoms with Crippen LogP contribution in [0.2, 0.25) is 0 Å². The van der Waals surface area contributed by atoms with Crippen molar-refractivity contribution in [3.8, 4) is 0 Å². The van der Waals surface area contributed by atoms with E-state index in [0.717, 1.165) is 17.0 Å². The molecule has 3 aromatic rings. The van der Waals surface area contributed by atoms with E-state index in [1.165, 1.54) is 23.1 Å². The van der Waals surface area contributed by atoms with Crippen LogP contribution in [0.1, 0.15) is 50.0 Å². The number of anilines is 3. The Morgan fingerprint density at radius 3 is 2.42 bits per heavy atom. The Morgan fingerprint density at radius 2 is 1.78 bits per heavy atom. The molecule has 0 aliphatic heterocycles. The maximum atomic E-state index is 12.8. The summed E-state index contributed by atoms with van der Waals surface area (Å²) in [6.07, 6.45) is 1.25. The number of rotatable bonds is 11. The van der Waals surface area contributed by atoms with Gasteiger partial charge >= 0.3 is 0 Å². The molecular formula is C24H31N7O3S2. The number of hydrogen-bond donors (Lipinski definition) is 3. The first-order chi connectivity index (χ1) is 17.2. The van der Waals surface area contributed by atoms with Crippen LogP contribution in [0.25, 0.3) is 0 Å². The molecule has 0 fully saturated rings. The van der Waals surface area contributed by atoms with Gasteiger partial charge in [0.1, 0.15) is 5.82 Å². The predicted molar refractivity (Wildman–Crippen MR) is 144 cm³/mol. The average Bonchev–Trinajstić information content (AvgIpc) is 3.34. The molecule has 192 valence electrons. The average molecular weight is 530 g/mol. The molecule has 1 aromatic carbocycles. The summed E-state index contributed by atoms with van der Waals surface area (Å²) in [6.45, 7) is 10.1. The van der Waals surface area contributed by atoms with Gasteiger partial charge in [-0.2, -0.15) is 0 Å². The van der Waals surface area contributed by atoms with Gasteiger partial charge in [0.05, 0.1) is 17.4 Å². The number of nitrogens with one attached hydrogen (secondary N) is 3. The van der Waals surface area contributed by atoms with E-state index in [0.29, 0.717) is 40.5 Å². The zero-order valence-corrected chi connectivity index (χ0v) is 22.7. The van der Waals surface area contributed by atoms with Gasteiger partial charge in [-0.3, -0.25) is 14.4 Å². The minimum atomic E-state index is -0.471. The molecule has 0 saturated heterocycles. The van der Waals surface area contributed by atoms with E-state index in [9.17, 15) is 14.4 Å². The summed E-state index contributed by atoms with van der Waals surface area (Å²) in [7, 11) is 0. The van der Waals surface area contributed by atoms with E-state index >= 15 is 0 Å². The van der Waals surface area contributed by atoms with Crippen LogP contribution in [-0.2, 0) is 27.3 Å². The maximum Gasteiger partial charge on any atom is 0.237 e. The number of carbonyl (C=O) groups excluding carboxylic acids is 3. The van der Waals surface area contributed by atoms with E-state index in [1.54, 1.807) is 31.2 Å². The van der Waals surface area contributed by atoms with Crippen molar-refractivity contribution in [2.75, 3.05) is 16.0 Å². The smallest absolute Gasteiger partial charge is 0.237 e. The van der Waals surface area contributed by atoms with Gasteiger partial charge in [-0.1, -0.05) is 24.8 Å². The zero-order valence-electron chi connectivity index (χ0n) is 21.0. The number of thiazole rings is 1. The van der Waals surface area contributed by atoms with Gasteiger partial charge in [0.25, 0.3) is 0 Å². The summed E-state index contributed by atoms with van der Waals surface area (Å²) >= 11 is 2.70. The van der Waals surface area contributed by atoms with Crippen LogP contribution >= 0.6 is 23.1 Å². The molecule has 0 aliphatic rings. The first kappa shape index (κ1) is 27.3. The third-order valence-corrected chi connectivity index (χ3v) is 7.31. The summed E-state index contributed by atoms with van der Waals surface area (Å²) < 4.78 is 1.83. The summed E-state index contributed by atoms with van der Waals surface area (Å²) in [5.41, 5.74) is 2.11. The number of aromatic nitrogens is 4. The Kier molecular flexibility index (Phi) is 9.59. The van der Waals surface area contributed by atoms with Crippen molar-refractivity contribution in [1.29, 1.82) is 0 Å². The fraction of sp³-hybridized carbons (Fsp3) is 0.417. The molecule has 10 nitrogen and oxygen atoms in total. The highest BCUT2D eigenvalue weighted by Crippen LogP contribution is 2.25. The molecule has 2 heterocycles. The summed E-state index contributed by atoms with van der Waals surface area (Å²) in [6, 6.07) is 7.04. The van der Waals surface area contributed by atoms with Crippen molar-refractivity contribution in [3.63, 3.8) is 0 Å². The third kappa shape index (κ3) is 7.37. The SMILES string of the molecule is CCCC(=O)Nc1cccc(NC(=O)C(C)Sc2nnc(CC(=O)Nc3nc(C)c(C)s3)n2CC)c1. The number of amides is 3. The molecule has 12 heteroatoms. The summed E-state index contributed by atoms with van der Waals surface area (Å²) in [5, 5.41) is 17.6. The molecule has 36 heavy (non-hydrogen) atoms. The summed E-state index contributed by atoms with van der Waals surface area (Å²) in [5.74, 6) is 0.0198. The highest BCUT2D eigenvalue weighted by molar-refractivity contribution is 8.00. The number of carbonyl (C=O) groups is 3. The lowest BCUT2D eigenvalue weighted by Crippen LogP contribution is -2.23. The molecule has 1 atom stereocenters. The van der Waals surface area contributed by atoms with Crippen molar-refractivity contribution in [3.05, 3.63) is 40.7 Å². The second kappa shape index (κ2) is 12.6. The second-order valence-corrected chi connectivity index (χ2v) is 10.7. The Balaban J connectivity index is 1.60. The van der Waals surface area contributed by atoms with Crippen molar-refractivity contribution in [1.82, 2.24) is 19.7 Å². The van der Waals surface area contributed by atoms with Crippen LogP contribution in [0.15, 0.2) is 29.4 Å². The zero-order chi connectivity index (χ0) is 26.2. The Bertz CT molecular complexity index is 1220. The van der Waals surface area contributed by atoms with Crippen LogP contribution in [0, 0.1) is 13.8 Å². The lowest BCUT2D eigenvalue weighted by molar-refractivity contribution is -0.116. The first-order valence-electron chi connectivity index (χ1n) is 11.7. The fourth-order valence-corrected chi connectivity index (χ4v) is 5.03. The van der Waals surface area contributed by atoms with Gasteiger partial charge in [-0.25, -0.2) is 4.98 Å². The molecule has 0 radical (unpaired) electrons. The molecule has 3 amide bonds. The minimum Gasteiger partial charge on any atom is -0.326 e. The molecule has 2 aromatic heterocycles. The monoisotopic (exact) mass is 529 g/mol. The van der Waals surface area contributed by atoms with Gasteiger partial charge in [-0.15, -0.1) is 21.5 Å². The quantitative estimate of drug-likeness (QED) is 0.314. The van der Waals surface area contributed by atoms with Crippen molar-refractivity contribution >= 4 is 57.3 Å². The van der Waals surface area contributed by atoms with E-state index in [2.05, 4.69) is 31.1 Å². The molecule has 1 unspecified atom stereocenters. The second-order valence-electron chi connectivity index (χ2n) is 8.16. The number of nitrogens with zero attached hydrogens (tertiary/aromatic N) is 4. The Morgan fingerprint density at radius 1 is 1.06 bits per heavy atom. The number of benzene rings is 1. The van der Waals surface area contributed by atoms with E-state index < -0.39 is 5.25 Å². The van der Waals surface area contributed by atoms with Gasteiger partial charge in [0.15, 0.2) is 10.3 Å². The number of thioether (sulfide) groups is 1. The molecule has 0 bridgehead atoms. The van der Waals surface area contributed by atoms with Crippen molar-refractivity contribution in [2.45, 2.75) is 70.8 Å². The van der Waals surface area contributed by atoms with E-state index in [1.807, 2.05) is 32.3 Å². The molecule has 0 saturated carbocycles. The topological polar surface area (TPSA) is 131 Å². The predicted octanol–water partition coefficient (Wildman–Crippen LogP) is 4.41. The number of hydrogen-bond acceptors (Lipinski definition) is 8. The highest BCUT2D eigenvalue weighted by atomic mass is 32.2. The molecule has 3 rings (SSSR count). The first-order valence-corrected chi connectivity index (χ1v) is 13.4. The van der Waals surface area contributed by atoms with Crippen molar-refractivity contribution < 1.29 is 14.4 Å². The van der Waals surface area contributed by atoms with E-state index in [-0.39, 0.29) is 24.1 Å². The maximum absolute atomic E-state index is 12.8. The standard InChI is InChI=1S/C24H31N7O3S2/c1-6-9-20(32)26-17-10-8-11-18(12-17)27-22(34)16(5)36-24-30-29-19(31(24)7-2)13-21(33)28-23-25-14(3)15(4)35-23/h8,10-12,16H,6-7,9,13H2,1-5H3,(H,26,32)(H,27,34)(H,25,28,33). The highest BCUT2D eigenvalue weighted by Gasteiger charge is 2.21. The number of aryl methyl sites for hydroxylation is 2. The Hall–Kier alpha value is -3.25. The van der Waals surface area contributed by atoms with Gasteiger partial charge < -0.3 is 20.5 Å². The van der Waals surface area contributed by atoms with Gasteiger partial charge in [0, 0.05) is 29.2 Å².